The topological polar surface area (TPSA) is 72.5 Å². The van der Waals surface area contributed by atoms with Crippen molar-refractivity contribution in [2.24, 2.45) is 5.73 Å². The maximum absolute atomic E-state index is 10.6. The number of benzene rings is 1. The summed E-state index contributed by atoms with van der Waals surface area (Å²) >= 11 is 0. The quantitative estimate of drug-likeness (QED) is 0.823. The molecule has 0 bridgehead atoms. The largest absolute Gasteiger partial charge is 0.496 e. The van der Waals surface area contributed by atoms with Gasteiger partial charge >= 0.3 is 5.97 Å². The smallest absolute Gasteiger partial charge is 0.303 e. The number of hydrogen-bond donors (Lipinski definition) is 2. The molecular weight excluding hydrogens is 218 g/mol. The monoisotopic (exact) mass is 237 g/mol. The van der Waals surface area contributed by atoms with Crippen LogP contribution in [0.4, 0.5) is 0 Å². The van der Waals surface area contributed by atoms with Crippen LogP contribution in [0.2, 0.25) is 0 Å². The van der Waals surface area contributed by atoms with Crippen LogP contribution in [-0.2, 0) is 4.79 Å². The zero-order valence-electron chi connectivity index (χ0n) is 10.5. The summed E-state index contributed by atoms with van der Waals surface area (Å²) in [7, 11) is 1.59. The third kappa shape index (κ3) is 3.20. The third-order valence-electron chi connectivity index (χ3n) is 3.01. The van der Waals surface area contributed by atoms with Gasteiger partial charge in [0.25, 0.3) is 0 Å². The van der Waals surface area contributed by atoms with E-state index in [1.807, 2.05) is 26.0 Å². The lowest BCUT2D eigenvalue weighted by atomic mass is 9.94. The van der Waals surface area contributed by atoms with Gasteiger partial charge in [-0.2, -0.15) is 0 Å². The Labute approximate surface area is 101 Å². The molecule has 1 aromatic carbocycles. The van der Waals surface area contributed by atoms with E-state index in [0.29, 0.717) is 6.42 Å². The molecule has 17 heavy (non-hydrogen) atoms. The first-order valence-corrected chi connectivity index (χ1v) is 5.58. The number of carboxylic acid groups (broad SMARTS) is 1. The zero-order chi connectivity index (χ0) is 13.0. The number of nitrogens with two attached hydrogens (primary N) is 1. The van der Waals surface area contributed by atoms with Crippen molar-refractivity contribution in [2.45, 2.75) is 32.7 Å². The van der Waals surface area contributed by atoms with Crippen LogP contribution in [0.25, 0.3) is 0 Å². The lowest BCUT2D eigenvalue weighted by Crippen LogP contribution is -2.15. The van der Waals surface area contributed by atoms with E-state index in [-0.39, 0.29) is 12.5 Å². The van der Waals surface area contributed by atoms with E-state index < -0.39 is 5.97 Å². The Kier molecular flexibility index (Phi) is 4.52. The number of aryl methyl sites for hydroxylation is 1. The molecule has 0 radical (unpaired) electrons. The Bertz CT molecular complexity index is 415. The molecule has 3 N–H and O–H groups in total. The van der Waals surface area contributed by atoms with Crippen molar-refractivity contribution >= 4 is 5.97 Å². The summed E-state index contributed by atoms with van der Waals surface area (Å²) in [6.45, 7) is 3.98. The van der Waals surface area contributed by atoms with Crippen molar-refractivity contribution in [3.8, 4) is 5.75 Å². The molecule has 4 heteroatoms. The number of rotatable bonds is 5. The van der Waals surface area contributed by atoms with E-state index in [0.717, 1.165) is 22.4 Å². The van der Waals surface area contributed by atoms with Crippen LogP contribution in [0.15, 0.2) is 12.1 Å². The van der Waals surface area contributed by atoms with Crippen LogP contribution in [0.3, 0.4) is 0 Å². The summed E-state index contributed by atoms with van der Waals surface area (Å²) in [5.74, 6) is -0.101. The molecule has 0 heterocycles. The third-order valence-corrected chi connectivity index (χ3v) is 3.01. The highest BCUT2D eigenvalue weighted by Crippen LogP contribution is 2.31. The minimum atomic E-state index is -0.829. The van der Waals surface area contributed by atoms with Gasteiger partial charge in [0.2, 0.25) is 0 Å². The number of aliphatic carboxylic acids is 1. The highest BCUT2D eigenvalue weighted by molar-refractivity contribution is 5.66. The summed E-state index contributed by atoms with van der Waals surface area (Å²) in [5.41, 5.74) is 9.16. The summed E-state index contributed by atoms with van der Waals surface area (Å²) < 4.78 is 5.28. The van der Waals surface area contributed by atoms with Crippen LogP contribution in [0.5, 0.6) is 5.75 Å². The number of methoxy groups -OCH3 is 1. The Morgan fingerprint density at radius 1 is 1.47 bits per heavy atom. The van der Waals surface area contributed by atoms with Crippen molar-refractivity contribution in [1.29, 1.82) is 0 Å². The Balaban J connectivity index is 3.01. The number of carboxylic acids is 1. The molecule has 1 rings (SSSR count). The molecule has 1 atom stereocenters. The zero-order valence-corrected chi connectivity index (χ0v) is 10.5. The Morgan fingerprint density at radius 2 is 2.12 bits per heavy atom. The first kappa shape index (κ1) is 13.5. The second-order valence-electron chi connectivity index (χ2n) is 4.16. The molecule has 0 aliphatic carbocycles. The molecule has 0 saturated heterocycles. The molecule has 94 valence electrons. The van der Waals surface area contributed by atoms with Gasteiger partial charge < -0.3 is 15.6 Å². The molecule has 0 saturated carbocycles. The molecule has 1 unspecified atom stereocenters. The molecule has 0 aliphatic rings. The minimum Gasteiger partial charge on any atom is -0.496 e. The second-order valence-corrected chi connectivity index (χ2v) is 4.16. The Morgan fingerprint density at radius 3 is 2.65 bits per heavy atom. The van der Waals surface area contributed by atoms with E-state index >= 15 is 0 Å². The number of carbonyl (C=O) groups is 1. The fourth-order valence-electron chi connectivity index (χ4n) is 1.87. The second kappa shape index (κ2) is 5.68. The van der Waals surface area contributed by atoms with Gasteiger partial charge in [-0.3, -0.25) is 4.79 Å². The van der Waals surface area contributed by atoms with Crippen LogP contribution >= 0.6 is 0 Å². The SMILES string of the molecule is COc1ccc(C)c(C)c1C(N)CCC(=O)O. The lowest BCUT2D eigenvalue weighted by Gasteiger charge is -2.19. The van der Waals surface area contributed by atoms with E-state index in [4.69, 9.17) is 15.6 Å². The molecule has 0 aromatic heterocycles. The number of ether oxygens (including phenoxy) is 1. The van der Waals surface area contributed by atoms with E-state index in [9.17, 15) is 4.79 Å². The fourth-order valence-corrected chi connectivity index (χ4v) is 1.87. The fraction of sp³-hybridized carbons (Fsp3) is 0.462. The summed E-state index contributed by atoms with van der Waals surface area (Å²) in [4.78, 5) is 10.6. The predicted octanol–water partition coefficient (Wildman–Crippen LogP) is 2.18. The highest BCUT2D eigenvalue weighted by Gasteiger charge is 2.16. The van der Waals surface area contributed by atoms with E-state index in [1.165, 1.54) is 0 Å². The van der Waals surface area contributed by atoms with Crippen LogP contribution < -0.4 is 10.5 Å². The normalized spacial score (nSPS) is 12.2. The molecule has 1 aromatic rings. The maximum Gasteiger partial charge on any atom is 0.303 e. The lowest BCUT2D eigenvalue weighted by molar-refractivity contribution is -0.137. The van der Waals surface area contributed by atoms with Crippen molar-refractivity contribution in [2.75, 3.05) is 7.11 Å². The van der Waals surface area contributed by atoms with Gasteiger partial charge in [0, 0.05) is 18.0 Å². The van der Waals surface area contributed by atoms with Gasteiger partial charge in [-0.05, 0) is 37.5 Å². The standard InChI is InChI=1S/C13H19NO3/c1-8-4-6-11(17-3)13(9(8)2)10(14)5-7-12(15)16/h4,6,10H,5,7,14H2,1-3H3,(H,15,16). The average Bonchev–Trinajstić information content (AvgIpc) is 2.29. The molecule has 0 spiro atoms. The number of hydrogen-bond acceptors (Lipinski definition) is 3. The van der Waals surface area contributed by atoms with Crippen LogP contribution in [-0.4, -0.2) is 18.2 Å². The van der Waals surface area contributed by atoms with Crippen molar-refractivity contribution < 1.29 is 14.6 Å². The van der Waals surface area contributed by atoms with Gasteiger partial charge in [-0.15, -0.1) is 0 Å². The maximum atomic E-state index is 10.6. The summed E-state index contributed by atoms with van der Waals surface area (Å²) in [6, 6.07) is 3.54. The molecular formula is C13H19NO3. The van der Waals surface area contributed by atoms with E-state index in [1.54, 1.807) is 7.11 Å². The van der Waals surface area contributed by atoms with Crippen molar-refractivity contribution in [1.82, 2.24) is 0 Å². The van der Waals surface area contributed by atoms with Gasteiger partial charge in [0.05, 0.1) is 7.11 Å². The molecule has 0 amide bonds. The average molecular weight is 237 g/mol. The predicted molar refractivity (Wildman–Crippen MR) is 66.3 cm³/mol. The van der Waals surface area contributed by atoms with Crippen molar-refractivity contribution in [3.05, 3.63) is 28.8 Å². The first-order chi connectivity index (χ1) is 7.97. The van der Waals surface area contributed by atoms with Crippen molar-refractivity contribution in [3.63, 3.8) is 0 Å². The van der Waals surface area contributed by atoms with Gasteiger partial charge in [-0.25, -0.2) is 0 Å². The highest BCUT2D eigenvalue weighted by atomic mass is 16.5. The Hall–Kier alpha value is -1.55. The molecule has 0 fully saturated rings. The summed E-state index contributed by atoms with van der Waals surface area (Å²) in [5, 5.41) is 8.67. The van der Waals surface area contributed by atoms with Gasteiger partial charge in [-0.1, -0.05) is 6.07 Å². The van der Waals surface area contributed by atoms with E-state index in [2.05, 4.69) is 0 Å². The summed E-state index contributed by atoms with van der Waals surface area (Å²) in [6.07, 6.45) is 0.480. The minimum absolute atomic E-state index is 0.0672. The van der Waals surface area contributed by atoms with Gasteiger partial charge in [0.15, 0.2) is 0 Å². The molecule has 0 aliphatic heterocycles. The van der Waals surface area contributed by atoms with Crippen LogP contribution in [0.1, 0.15) is 35.6 Å². The van der Waals surface area contributed by atoms with Crippen LogP contribution in [0, 0.1) is 13.8 Å². The first-order valence-electron chi connectivity index (χ1n) is 5.58. The van der Waals surface area contributed by atoms with Gasteiger partial charge in [0.1, 0.15) is 5.75 Å². The molecule has 4 nitrogen and oxygen atoms in total.